The first kappa shape index (κ1) is 9.99. The molecule has 1 aromatic rings. The van der Waals surface area contributed by atoms with E-state index in [1.165, 1.54) is 0 Å². The van der Waals surface area contributed by atoms with Crippen molar-refractivity contribution in [2.45, 2.75) is 25.8 Å². The molecule has 0 radical (unpaired) electrons. The van der Waals surface area contributed by atoms with Crippen molar-refractivity contribution in [3.63, 3.8) is 0 Å². The zero-order chi connectivity index (χ0) is 10.6. The van der Waals surface area contributed by atoms with Gasteiger partial charge in [0.05, 0.1) is 5.54 Å². The molecular weight excluding hydrogens is 242 g/mol. The van der Waals surface area contributed by atoms with Crippen LogP contribution in [0, 0.1) is 5.41 Å². The number of phenolic OH excluding ortho intramolecular Hbond substituents is 1. The first-order valence-corrected chi connectivity index (χ1v) is 5.44. The summed E-state index contributed by atoms with van der Waals surface area (Å²) in [5, 5.41) is 9.74. The molecule has 0 amide bonds. The molecule has 1 unspecified atom stereocenters. The molecule has 0 spiro atoms. The summed E-state index contributed by atoms with van der Waals surface area (Å²) in [4.78, 5) is 0. The van der Waals surface area contributed by atoms with E-state index in [1.54, 1.807) is 6.07 Å². The molecule has 0 aliphatic heterocycles. The van der Waals surface area contributed by atoms with Gasteiger partial charge in [0.2, 0.25) is 0 Å². The van der Waals surface area contributed by atoms with Crippen LogP contribution in [0.3, 0.4) is 0 Å². The van der Waals surface area contributed by atoms with E-state index in [4.69, 9.17) is 5.73 Å². The zero-order valence-electron chi connectivity index (χ0n) is 8.34. The highest BCUT2D eigenvalue weighted by molar-refractivity contribution is 9.10. The van der Waals surface area contributed by atoms with Crippen molar-refractivity contribution in [1.82, 2.24) is 0 Å². The van der Waals surface area contributed by atoms with Gasteiger partial charge in [0.25, 0.3) is 0 Å². The molecule has 0 heterocycles. The van der Waals surface area contributed by atoms with Crippen LogP contribution in [-0.4, -0.2) is 5.11 Å². The molecule has 2 nitrogen and oxygen atoms in total. The van der Waals surface area contributed by atoms with E-state index in [-0.39, 0.29) is 11.0 Å². The van der Waals surface area contributed by atoms with Crippen molar-refractivity contribution < 1.29 is 5.11 Å². The summed E-state index contributed by atoms with van der Waals surface area (Å²) in [7, 11) is 0. The van der Waals surface area contributed by atoms with Gasteiger partial charge in [-0.2, -0.15) is 0 Å². The Kier molecular flexibility index (Phi) is 1.95. The summed E-state index contributed by atoms with van der Waals surface area (Å²) >= 11 is 3.39. The highest BCUT2D eigenvalue weighted by atomic mass is 79.9. The number of aromatic hydroxyl groups is 1. The minimum absolute atomic E-state index is 0.0886. The topological polar surface area (TPSA) is 46.2 Å². The Hall–Kier alpha value is -0.540. The second-order valence-corrected chi connectivity index (χ2v) is 5.61. The Morgan fingerprint density at radius 3 is 2.50 bits per heavy atom. The summed E-state index contributed by atoms with van der Waals surface area (Å²) in [6.45, 7) is 4.24. The Morgan fingerprint density at radius 1 is 1.43 bits per heavy atom. The summed E-state index contributed by atoms with van der Waals surface area (Å²) in [6, 6.07) is 5.41. The van der Waals surface area contributed by atoms with Gasteiger partial charge in [-0.1, -0.05) is 29.8 Å². The quantitative estimate of drug-likeness (QED) is 0.811. The van der Waals surface area contributed by atoms with Crippen molar-refractivity contribution in [2.24, 2.45) is 11.1 Å². The first-order valence-electron chi connectivity index (χ1n) is 4.65. The molecule has 14 heavy (non-hydrogen) atoms. The van der Waals surface area contributed by atoms with Crippen molar-refractivity contribution >= 4 is 15.9 Å². The third-order valence-electron chi connectivity index (χ3n) is 3.24. The largest absolute Gasteiger partial charge is 0.508 e. The average molecular weight is 256 g/mol. The number of nitrogens with two attached hydrogens (primary N) is 1. The lowest BCUT2D eigenvalue weighted by Crippen LogP contribution is -2.25. The summed E-state index contributed by atoms with van der Waals surface area (Å²) in [5.74, 6) is 0.293. The fourth-order valence-corrected chi connectivity index (χ4v) is 2.34. The van der Waals surface area contributed by atoms with Crippen LogP contribution in [0.5, 0.6) is 5.75 Å². The second kappa shape index (κ2) is 2.74. The number of halogens is 1. The molecule has 0 aromatic heterocycles. The number of benzene rings is 1. The SMILES string of the molecule is CC1(C)CC1(N)c1cc(Br)ccc1O. The van der Waals surface area contributed by atoms with Crippen LogP contribution in [0.25, 0.3) is 0 Å². The van der Waals surface area contributed by atoms with Crippen LogP contribution in [0.2, 0.25) is 0 Å². The van der Waals surface area contributed by atoms with Crippen molar-refractivity contribution in [3.05, 3.63) is 28.2 Å². The van der Waals surface area contributed by atoms with E-state index in [0.717, 1.165) is 16.5 Å². The van der Waals surface area contributed by atoms with Gasteiger partial charge in [0.15, 0.2) is 0 Å². The van der Waals surface area contributed by atoms with Crippen LogP contribution in [0.4, 0.5) is 0 Å². The highest BCUT2D eigenvalue weighted by Gasteiger charge is 2.60. The molecule has 1 saturated carbocycles. The maximum absolute atomic E-state index is 9.74. The Balaban J connectivity index is 2.48. The van der Waals surface area contributed by atoms with Crippen LogP contribution in [-0.2, 0) is 5.54 Å². The Labute approximate surface area is 92.3 Å². The van der Waals surface area contributed by atoms with Gasteiger partial charge in [-0.25, -0.2) is 0 Å². The second-order valence-electron chi connectivity index (χ2n) is 4.69. The van der Waals surface area contributed by atoms with Gasteiger partial charge < -0.3 is 10.8 Å². The first-order chi connectivity index (χ1) is 6.37. The van der Waals surface area contributed by atoms with Crippen molar-refractivity contribution in [2.75, 3.05) is 0 Å². The fourth-order valence-electron chi connectivity index (χ4n) is 1.98. The van der Waals surface area contributed by atoms with E-state index >= 15 is 0 Å². The number of rotatable bonds is 1. The lowest BCUT2D eigenvalue weighted by atomic mass is 9.96. The normalized spacial score (nSPS) is 28.9. The molecule has 0 saturated heterocycles. The third kappa shape index (κ3) is 1.27. The predicted octanol–water partition coefficient (Wildman–Crippen LogP) is 2.74. The standard InChI is InChI=1S/C11H14BrNO/c1-10(2)6-11(10,13)8-5-7(12)3-4-9(8)14/h3-5,14H,6,13H2,1-2H3. The van der Waals surface area contributed by atoms with Crippen LogP contribution >= 0.6 is 15.9 Å². The molecule has 1 aliphatic carbocycles. The number of phenols is 1. The average Bonchev–Trinajstić information content (AvgIpc) is 2.58. The van der Waals surface area contributed by atoms with Crippen LogP contribution < -0.4 is 5.73 Å². The number of hydrogen-bond donors (Lipinski definition) is 2. The van der Waals surface area contributed by atoms with Gasteiger partial charge in [-0.15, -0.1) is 0 Å². The Bertz CT molecular complexity index is 389. The van der Waals surface area contributed by atoms with E-state index in [0.29, 0.717) is 5.75 Å². The van der Waals surface area contributed by atoms with Gasteiger partial charge in [-0.05, 0) is 30.0 Å². The minimum Gasteiger partial charge on any atom is -0.508 e. The highest BCUT2D eigenvalue weighted by Crippen LogP contribution is 2.62. The fraction of sp³-hybridized carbons (Fsp3) is 0.455. The predicted molar refractivity (Wildman–Crippen MR) is 60.1 cm³/mol. The zero-order valence-corrected chi connectivity index (χ0v) is 9.93. The lowest BCUT2D eigenvalue weighted by Gasteiger charge is -2.17. The van der Waals surface area contributed by atoms with Gasteiger partial charge in [0.1, 0.15) is 5.75 Å². The molecule has 1 aromatic carbocycles. The van der Waals surface area contributed by atoms with E-state index < -0.39 is 0 Å². The minimum atomic E-state index is -0.360. The van der Waals surface area contributed by atoms with E-state index in [2.05, 4.69) is 29.8 Å². The van der Waals surface area contributed by atoms with Crippen molar-refractivity contribution in [3.8, 4) is 5.75 Å². The molecule has 2 rings (SSSR count). The van der Waals surface area contributed by atoms with Crippen molar-refractivity contribution in [1.29, 1.82) is 0 Å². The monoisotopic (exact) mass is 255 g/mol. The molecule has 0 bridgehead atoms. The lowest BCUT2D eigenvalue weighted by molar-refractivity contribution is 0.439. The molecule has 76 valence electrons. The van der Waals surface area contributed by atoms with Crippen LogP contribution in [0.1, 0.15) is 25.8 Å². The van der Waals surface area contributed by atoms with E-state index in [1.807, 2.05) is 12.1 Å². The summed E-state index contributed by atoms with van der Waals surface area (Å²) in [6.07, 6.45) is 0.921. The Morgan fingerprint density at radius 2 is 2.00 bits per heavy atom. The molecule has 1 aliphatic rings. The van der Waals surface area contributed by atoms with Gasteiger partial charge in [0, 0.05) is 10.0 Å². The summed E-state index contributed by atoms with van der Waals surface area (Å²) in [5.41, 5.74) is 6.81. The molecule has 3 N–H and O–H groups in total. The van der Waals surface area contributed by atoms with Gasteiger partial charge >= 0.3 is 0 Å². The summed E-state index contributed by atoms with van der Waals surface area (Å²) < 4.78 is 0.956. The maximum Gasteiger partial charge on any atom is 0.120 e. The molecular formula is C11H14BrNO. The smallest absolute Gasteiger partial charge is 0.120 e. The van der Waals surface area contributed by atoms with Gasteiger partial charge in [-0.3, -0.25) is 0 Å². The third-order valence-corrected chi connectivity index (χ3v) is 3.74. The van der Waals surface area contributed by atoms with E-state index in [9.17, 15) is 5.11 Å². The molecule has 3 heteroatoms. The molecule has 1 atom stereocenters. The number of hydrogen-bond acceptors (Lipinski definition) is 2. The molecule has 1 fully saturated rings. The maximum atomic E-state index is 9.74. The van der Waals surface area contributed by atoms with Crippen LogP contribution in [0.15, 0.2) is 22.7 Å².